The SMILES string of the molecule is O=C1N=C(N2CCC[C@H]2C(=O)Nc2ccc3ncnc(Nc4cccc(Cl)c4)c3c2)S/C1=C/c1ccccc1Br. The van der Waals surface area contributed by atoms with Crippen LogP contribution in [0, 0.1) is 0 Å². The molecule has 0 spiro atoms. The van der Waals surface area contributed by atoms with Crippen LogP contribution in [0.15, 0.2) is 87.4 Å². The van der Waals surface area contributed by atoms with E-state index in [1.165, 1.54) is 18.1 Å². The Hall–Kier alpha value is -3.73. The average Bonchev–Trinajstić information content (AvgIpc) is 3.57. The highest BCUT2D eigenvalue weighted by atomic mass is 79.9. The molecular formula is C29H22BrClN6O2S. The van der Waals surface area contributed by atoms with Crippen molar-refractivity contribution >= 4 is 90.4 Å². The number of aliphatic imine (C=N–C) groups is 1. The Labute approximate surface area is 248 Å². The van der Waals surface area contributed by atoms with Crippen molar-refractivity contribution < 1.29 is 9.59 Å². The maximum Gasteiger partial charge on any atom is 0.286 e. The molecule has 8 nitrogen and oxygen atoms in total. The Balaban J connectivity index is 1.19. The van der Waals surface area contributed by atoms with Gasteiger partial charge < -0.3 is 15.5 Å². The predicted molar refractivity (Wildman–Crippen MR) is 165 cm³/mol. The molecule has 40 heavy (non-hydrogen) atoms. The van der Waals surface area contributed by atoms with E-state index in [-0.39, 0.29) is 11.8 Å². The largest absolute Gasteiger partial charge is 0.340 e. The molecule has 1 saturated heterocycles. The third kappa shape index (κ3) is 5.60. The normalized spacial score (nSPS) is 17.9. The molecule has 0 bridgehead atoms. The highest BCUT2D eigenvalue weighted by molar-refractivity contribution is 9.10. The molecule has 2 amide bonds. The minimum absolute atomic E-state index is 0.156. The van der Waals surface area contributed by atoms with E-state index in [9.17, 15) is 9.59 Å². The van der Waals surface area contributed by atoms with Gasteiger partial charge in [0, 0.05) is 32.8 Å². The van der Waals surface area contributed by atoms with Crippen LogP contribution in [0.3, 0.4) is 0 Å². The topological polar surface area (TPSA) is 99.6 Å². The number of nitrogens with zero attached hydrogens (tertiary/aromatic N) is 4. The van der Waals surface area contributed by atoms with E-state index in [0.717, 1.165) is 33.0 Å². The lowest BCUT2D eigenvalue weighted by molar-refractivity contribution is -0.119. The van der Waals surface area contributed by atoms with Gasteiger partial charge in [-0.3, -0.25) is 9.59 Å². The average molecular weight is 634 g/mol. The standard InChI is InChI=1S/C29H22BrClN6O2S/c30-22-8-2-1-5-17(22)13-25-28(39)36-29(40-25)37-12-4-9-24(37)27(38)35-20-10-11-23-21(15-20)26(33-16-32-23)34-19-7-3-6-18(31)14-19/h1-3,5-8,10-11,13-16,24H,4,9,12H2,(H,35,38)(H,32,33,34)/b25-13+/t24-/m0/s1. The second-order valence-corrected chi connectivity index (χ2v) is 11.6. The monoisotopic (exact) mass is 632 g/mol. The number of carbonyl (C=O) groups excluding carboxylic acids is 2. The van der Waals surface area contributed by atoms with Gasteiger partial charge in [0.1, 0.15) is 18.2 Å². The second kappa shape index (κ2) is 11.4. The van der Waals surface area contributed by atoms with Crippen molar-refractivity contribution in [2.45, 2.75) is 18.9 Å². The first-order chi connectivity index (χ1) is 19.4. The number of rotatable bonds is 5. The molecule has 3 aromatic carbocycles. The second-order valence-electron chi connectivity index (χ2n) is 9.26. The zero-order chi connectivity index (χ0) is 27.6. The van der Waals surface area contributed by atoms with Gasteiger partial charge >= 0.3 is 0 Å². The molecule has 1 fully saturated rings. The van der Waals surface area contributed by atoms with Crippen molar-refractivity contribution in [2.24, 2.45) is 4.99 Å². The van der Waals surface area contributed by atoms with Crippen LogP contribution >= 0.6 is 39.3 Å². The summed E-state index contributed by atoms with van der Waals surface area (Å²) in [5, 5.41) is 8.25. The van der Waals surface area contributed by atoms with Crippen molar-refractivity contribution in [3.05, 3.63) is 93.0 Å². The molecule has 0 aliphatic carbocycles. The van der Waals surface area contributed by atoms with Crippen LogP contribution in [0.2, 0.25) is 5.02 Å². The van der Waals surface area contributed by atoms with E-state index in [1.807, 2.05) is 71.6 Å². The highest BCUT2D eigenvalue weighted by Gasteiger charge is 2.37. The first kappa shape index (κ1) is 26.5. The first-order valence-corrected chi connectivity index (χ1v) is 14.6. The van der Waals surface area contributed by atoms with Crippen LogP contribution in [-0.2, 0) is 9.59 Å². The number of nitrogens with one attached hydrogen (secondary N) is 2. The van der Waals surface area contributed by atoms with Crippen molar-refractivity contribution in [1.82, 2.24) is 14.9 Å². The van der Waals surface area contributed by atoms with Gasteiger partial charge in [-0.25, -0.2) is 9.97 Å². The number of hydrogen-bond donors (Lipinski definition) is 2. The van der Waals surface area contributed by atoms with E-state index in [0.29, 0.717) is 39.6 Å². The summed E-state index contributed by atoms with van der Waals surface area (Å²) in [7, 11) is 0. The van der Waals surface area contributed by atoms with Gasteiger partial charge in [0.15, 0.2) is 5.17 Å². The summed E-state index contributed by atoms with van der Waals surface area (Å²) in [4.78, 5) is 41.6. The Morgan fingerprint density at radius 1 is 1.07 bits per heavy atom. The lowest BCUT2D eigenvalue weighted by atomic mass is 10.1. The smallest absolute Gasteiger partial charge is 0.286 e. The number of carbonyl (C=O) groups is 2. The van der Waals surface area contributed by atoms with E-state index in [2.05, 4.69) is 41.5 Å². The maximum absolute atomic E-state index is 13.4. The number of amidine groups is 1. The number of likely N-dealkylation sites (tertiary alicyclic amines) is 1. The van der Waals surface area contributed by atoms with Gasteiger partial charge in [-0.2, -0.15) is 4.99 Å². The van der Waals surface area contributed by atoms with Crippen molar-refractivity contribution in [1.29, 1.82) is 0 Å². The van der Waals surface area contributed by atoms with Crippen LogP contribution in [0.4, 0.5) is 17.2 Å². The number of aromatic nitrogens is 2. The highest BCUT2D eigenvalue weighted by Crippen LogP contribution is 2.35. The third-order valence-corrected chi connectivity index (χ3v) is 8.57. The van der Waals surface area contributed by atoms with Gasteiger partial charge in [-0.05, 0) is 78.7 Å². The molecule has 6 rings (SSSR count). The Kier molecular flexibility index (Phi) is 7.55. The summed E-state index contributed by atoms with van der Waals surface area (Å²) >= 11 is 11.0. The summed E-state index contributed by atoms with van der Waals surface area (Å²) in [6.07, 6.45) is 4.81. The fourth-order valence-electron chi connectivity index (χ4n) is 4.68. The third-order valence-electron chi connectivity index (χ3n) is 6.59. The minimum Gasteiger partial charge on any atom is -0.340 e. The van der Waals surface area contributed by atoms with Crippen LogP contribution < -0.4 is 10.6 Å². The van der Waals surface area contributed by atoms with Crippen LogP contribution in [0.25, 0.3) is 17.0 Å². The molecule has 0 saturated carbocycles. The molecule has 2 N–H and O–H groups in total. The number of fused-ring (bicyclic) bond motifs is 1. The Morgan fingerprint density at radius 2 is 1.95 bits per heavy atom. The summed E-state index contributed by atoms with van der Waals surface area (Å²) in [6.45, 7) is 0.652. The Morgan fingerprint density at radius 3 is 2.80 bits per heavy atom. The summed E-state index contributed by atoms with van der Waals surface area (Å²) in [5.41, 5.74) is 3.05. The molecule has 2 aliphatic rings. The van der Waals surface area contributed by atoms with Crippen LogP contribution in [0.1, 0.15) is 18.4 Å². The van der Waals surface area contributed by atoms with Crippen LogP contribution in [-0.4, -0.2) is 44.4 Å². The molecule has 1 atom stereocenters. The summed E-state index contributed by atoms with van der Waals surface area (Å²) < 4.78 is 0.898. The Bertz CT molecular complexity index is 1710. The van der Waals surface area contributed by atoms with Gasteiger partial charge in [-0.15, -0.1) is 0 Å². The predicted octanol–water partition coefficient (Wildman–Crippen LogP) is 6.86. The lowest BCUT2D eigenvalue weighted by Crippen LogP contribution is -2.41. The molecule has 0 radical (unpaired) electrons. The molecule has 11 heteroatoms. The quantitative estimate of drug-likeness (QED) is 0.232. The zero-order valence-corrected chi connectivity index (χ0v) is 24.1. The fourth-order valence-corrected chi connectivity index (χ4v) is 6.25. The van der Waals surface area contributed by atoms with Gasteiger partial charge in [0.2, 0.25) is 5.91 Å². The van der Waals surface area contributed by atoms with Crippen LogP contribution in [0.5, 0.6) is 0 Å². The van der Waals surface area contributed by atoms with Gasteiger partial charge in [-0.1, -0.05) is 51.8 Å². The van der Waals surface area contributed by atoms with E-state index >= 15 is 0 Å². The number of anilines is 3. The maximum atomic E-state index is 13.4. The summed E-state index contributed by atoms with van der Waals surface area (Å²) in [5.74, 6) is 0.151. The molecule has 4 aromatic rings. The minimum atomic E-state index is -0.436. The lowest BCUT2D eigenvalue weighted by Gasteiger charge is -2.24. The van der Waals surface area contributed by atoms with Gasteiger partial charge in [0.05, 0.1) is 10.4 Å². The number of benzene rings is 3. The molecule has 200 valence electrons. The molecule has 2 aliphatic heterocycles. The van der Waals surface area contributed by atoms with Crippen molar-refractivity contribution in [2.75, 3.05) is 17.2 Å². The zero-order valence-electron chi connectivity index (χ0n) is 21.0. The number of thioether (sulfide) groups is 1. The number of amides is 2. The number of halogens is 2. The van der Waals surface area contributed by atoms with Crippen molar-refractivity contribution in [3.8, 4) is 0 Å². The fraction of sp³-hybridized carbons (Fsp3) is 0.138. The van der Waals surface area contributed by atoms with E-state index in [4.69, 9.17) is 11.6 Å². The van der Waals surface area contributed by atoms with Gasteiger partial charge in [0.25, 0.3) is 5.91 Å². The molecular weight excluding hydrogens is 612 g/mol. The number of hydrogen-bond acceptors (Lipinski definition) is 7. The molecule has 1 aromatic heterocycles. The van der Waals surface area contributed by atoms with E-state index < -0.39 is 6.04 Å². The summed E-state index contributed by atoms with van der Waals surface area (Å²) in [6, 6.07) is 20.1. The first-order valence-electron chi connectivity index (χ1n) is 12.6. The van der Waals surface area contributed by atoms with Crippen molar-refractivity contribution in [3.63, 3.8) is 0 Å². The molecule has 0 unspecified atom stereocenters. The molecule has 3 heterocycles. The van der Waals surface area contributed by atoms with E-state index in [1.54, 1.807) is 6.07 Å².